The van der Waals surface area contributed by atoms with Crippen LogP contribution < -0.4 is 11.1 Å². The highest BCUT2D eigenvalue weighted by molar-refractivity contribution is 9.10. The highest BCUT2D eigenvalue weighted by atomic mass is 79.9. The molecular weight excluding hydrogens is 340 g/mol. The number of nitrogens with one attached hydrogen (secondary N) is 1. The average Bonchev–Trinajstić information content (AvgIpc) is 2.48. The minimum atomic E-state index is -0.521. The van der Waals surface area contributed by atoms with Crippen molar-refractivity contribution >= 4 is 21.8 Å². The van der Waals surface area contributed by atoms with Crippen LogP contribution in [0.5, 0.6) is 0 Å². The summed E-state index contributed by atoms with van der Waals surface area (Å²) in [5.41, 5.74) is 8.25. The zero-order valence-corrected chi connectivity index (χ0v) is 14.2. The van der Waals surface area contributed by atoms with Crippen LogP contribution in [-0.2, 0) is 17.6 Å². The second kappa shape index (κ2) is 8.11. The van der Waals surface area contributed by atoms with Gasteiger partial charge in [0.15, 0.2) is 0 Å². The van der Waals surface area contributed by atoms with E-state index in [1.807, 2.05) is 49.4 Å². The lowest BCUT2D eigenvalue weighted by atomic mass is 10.0. The number of rotatable bonds is 6. The third-order valence-corrected chi connectivity index (χ3v) is 3.95. The Morgan fingerprint density at radius 2 is 1.77 bits per heavy atom. The Morgan fingerprint density at radius 1 is 1.09 bits per heavy atom. The highest BCUT2D eigenvalue weighted by Gasteiger charge is 2.16. The monoisotopic (exact) mass is 360 g/mol. The average molecular weight is 361 g/mol. The van der Waals surface area contributed by atoms with Crippen LogP contribution in [-0.4, -0.2) is 18.0 Å². The van der Waals surface area contributed by atoms with Gasteiger partial charge in [-0.2, -0.15) is 0 Å². The Balaban J connectivity index is 1.85. The molecule has 2 aromatic rings. The van der Waals surface area contributed by atoms with Gasteiger partial charge in [0.1, 0.15) is 0 Å². The van der Waals surface area contributed by atoms with E-state index in [1.165, 1.54) is 5.56 Å². The maximum absolute atomic E-state index is 12.2. The molecule has 4 heteroatoms. The molecule has 2 atom stereocenters. The van der Waals surface area contributed by atoms with Crippen LogP contribution in [0, 0.1) is 0 Å². The number of hydrogen-bond acceptors (Lipinski definition) is 2. The van der Waals surface area contributed by atoms with Gasteiger partial charge in [0.2, 0.25) is 5.91 Å². The lowest BCUT2D eigenvalue weighted by Crippen LogP contribution is -2.46. The maximum Gasteiger partial charge on any atom is 0.237 e. The SMILES string of the molecule is CC(Cc1cccc(Br)c1)NC(=O)[C@@H](N)Cc1ccccc1. The standard InChI is InChI=1S/C18H21BrN2O/c1-13(10-15-8-5-9-16(19)11-15)21-18(22)17(20)12-14-6-3-2-4-7-14/h2-9,11,13,17H,10,12,20H2,1H3,(H,21,22)/t13?,17-/m0/s1. The van der Waals surface area contributed by atoms with Crippen LogP contribution in [0.2, 0.25) is 0 Å². The van der Waals surface area contributed by atoms with Crippen LogP contribution in [0.25, 0.3) is 0 Å². The number of nitrogens with two attached hydrogens (primary N) is 1. The van der Waals surface area contributed by atoms with E-state index in [-0.39, 0.29) is 11.9 Å². The Bertz CT molecular complexity index is 615. The molecule has 0 radical (unpaired) electrons. The molecule has 0 spiro atoms. The molecule has 0 saturated heterocycles. The summed E-state index contributed by atoms with van der Waals surface area (Å²) < 4.78 is 1.05. The first-order valence-electron chi connectivity index (χ1n) is 7.39. The van der Waals surface area contributed by atoms with Crippen molar-refractivity contribution in [2.75, 3.05) is 0 Å². The van der Waals surface area contributed by atoms with Crippen LogP contribution in [0.3, 0.4) is 0 Å². The Labute approximate surface area is 140 Å². The molecule has 22 heavy (non-hydrogen) atoms. The minimum Gasteiger partial charge on any atom is -0.352 e. The van der Waals surface area contributed by atoms with Crippen LogP contribution in [0.15, 0.2) is 59.1 Å². The Hall–Kier alpha value is -1.65. The fraction of sp³-hybridized carbons (Fsp3) is 0.278. The van der Waals surface area contributed by atoms with Crippen molar-refractivity contribution in [1.29, 1.82) is 0 Å². The molecule has 116 valence electrons. The molecule has 0 aromatic heterocycles. The quantitative estimate of drug-likeness (QED) is 0.831. The van der Waals surface area contributed by atoms with Crippen LogP contribution in [0.4, 0.5) is 0 Å². The molecule has 1 amide bonds. The fourth-order valence-corrected chi connectivity index (χ4v) is 2.83. The van der Waals surface area contributed by atoms with Gasteiger partial charge in [-0.3, -0.25) is 4.79 Å². The third-order valence-electron chi connectivity index (χ3n) is 3.45. The summed E-state index contributed by atoms with van der Waals surface area (Å²) in [7, 11) is 0. The molecule has 0 aliphatic carbocycles. The van der Waals surface area contributed by atoms with E-state index in [4.69, 9.17) is 5.73 Å². The van der Waals surface area contributed by atoms with Gasteiger partial charge in [0.25, 0.3) is 0 Å². The van der Waals surface area contributed by atoms with Crippen LogP contribution in [0.1, 0.15) is 18.1 Å². The van der Waals surface area contributed by atoms with Gasteiger partial charge in [-0.1, -0.05) is 58.4 Å². The van der Waals surface area contributed by atoms with Gasteiger partial charge in [0.05, 0.1) is 6.04 Å². The van der Waals surface area contributed by atoms with Crippen molar-refractivity contribution in [3.8, 4) is 0 Å². The molecule has 0 heterocycles. The lowest BCUT2D eigenvalue weighted by Gasteiger charge is -2.18. The molecule has 0 saturated carbocycles. The molecule has 0 bridgehead atoms. The van der Waals surface area contributed by atoms with E-state index in [1.54, 1.807) is 0 Å². The van der Waals surface area contributed by atoms with E-state index < -0.39 is 6.04 Å². The van der Waals surface area contributed by atoms with Gasteiger partial charge in [0, 0.05) is 10.5 Å². The van der Waals surface area contributed by atoms with Gasteiger partial charge >= 0.3 is 0 Å². The predicted molar refractivity (Wildman–Crippen MR) is 93.6 cm³/mol. The van der Waals surface area contributed by atoms with Gasteiger partial charge in [-0.15, -0.1) is 0 Å². The summed E-state index contributed by atoms with van der Waals surface area (Å²) in [6, 6.07) is 17.5. The molecular formula is C18H21BrN2O. The van der Waals surface area contributed by atoms with Gasteiger partial charge in [-0.05, 0) is 43.0 Å². The van der Waals surface area contributed by atoms with Crippen molar-refractivity contribution in [2.45, 2.75) is 31.8 Å². The minimum absolute atomic E-state index is 0.0450. The number of halogens is 1. The summed E-state index contributed by atoms with van der Waals surface area (Å²) in [6.45, 7) is 1.99. The fourth-order valence-electron chi connectivity index (χ4n) is 2.38. The number of carbonyl (C=O) groups is 1. The number of hydrogen-bond donors (Lipinski definition) is 2. The molecule has 1 unspecified atom stereocenters. The number of amides is 1. The van der Waals surface area contributed by atoms with E-state index in [0.29, 0.717) is 6.42 Å². The maximum atomic E-state index is 12.2. The lowest BCUT2D eigenvalue weighted by molar-refractivity contribution is -0.122. The van der Waals surface area contributed by atoms with Crippen molar-refractivity contribution < 1.29 is 4.79 Å². The second-order valence-electron chi connectivity index (χ2n) is 5.54. The van der Waals surface area contributed by atoms with Gasteiger partial charge < -0.3 is 11.1 Å². The zero-order chi connectivity index (χ0) is 15.9. The zero-order valence-electron chi connectivity index (χ0n) is 12.6. The summed E-state index contributed by atoms with van der Waals surface area (Å²) in [6.07, 6.45) is 1.33. The van der Waals surface area contributed by atoms with E-state index >= 15 is 0 Å². The third kappa shape index (κ3) is 5.28. The number of benzene rings is 2. The summed E-state index contributed by atoms with van der Waals surface area (Å²) in [4.78, 5) is 12.2. The van der Waals surface area contributed by atoms with E-state index in [2.05, 4.69) is 33.4 Å². The molecule has 2 rings (SSSR count). The molecule has 0 fully saturated rings. The molecule has 3 N–H and O–H groups in total. The first-order chi connectivity index (χ1) is 10.5. The predicted octanol–water partition coefficient (Wildman–Crippen LogP) is 3.07. The summed E-state index contributed by atoms with van der Waals surface area (Å²) in [5.74, 6) is -0.105. The van der Waals surface area contributed by atoms with Gasteiger partial charge in [-0.25, -0.2) is 0 Å². The molecule has 3 nitrogen and oxygen atoms in total. The first-order valence-corrected chi connectivity index (χ1v) is 8.18. The molecule has 2 aromatic carbocycles. The van der Waals surface area contributed by atoms with Crippen LogP contribution >= 0.6 is 15.9 Å². The molecule has 0 aliphatic heterocycles. The Morgan fingerprint density at radius 3 is 2.45 bits per heavy atom. The first kappa shape index (κ1) is 16.7. The highest BCUT2D eigenvalue weighted by Crippen LogP contribution is 2.13. The van der Waals surface area contributed by atoms with Crippen molar-refractivity contribution in [3.63, 3.8) is 0 Å². The Kier molecular flexibility index (Phi) is 6.16. The summed E-state index contributed by atoms with van der Waals surface area (Å²) in [5, 5.41) is 2.99. The largest absolute Gasteiger partial charge is 0.352 e. The van der Waals surface area contributed by atoms with E-state index in [9.17, 15) is 4.79 Å². The number of carbonyl (C=O) groups excluding carboxylic acids is 1. The van der Waals surface area contributed by atoms with Crippen molar-refractivity contribution in [3.05, 3.63) is 70.2 Å². The van der Waals surface area contributed by atoms with Crippen molar-refractivity contribution in [1.82, 2.24) is 5.32 Å². The molecule has 0 aliphatic rings. The summed E-state index contributed by atoms with van der Waals surface area (Å²) >= 11 is 3.46. The van der Waals surface area contributed by atoms with E-state index in [0.717, 1.165) is 16.5 Å². The normalized spacial score (nSPS) is 13.4. The smallest absolute Gasteiger partial charge is 0.237 e. The van der Waals surface area contributed by atoms with Crippen molar-refractivity contribution in [2.24, 2.45) is 5.73 Å². The topological polar surface area (TPSA) is 55.1 Å². The second-order valence-corrected chi connectivity index (χ2v) is 6.46.